The molecule has 0 unspecified atom stereocenters. The number of piperidine rings is 2. The van der Waals surface area contributed by atoms with Crippen LogP contribution < -0.4 is 21.3 Å². The van der Waals surface area contributed by atoms with Crippen LogP contribution in [0.25, 0.3) is 0 Å². The first kappa shape index (κ1) is 51.8. The minimum atomic E-state index is -3.64. The molecule has 2 saturated heterocycles. The van der Waals surface area contributed by atoms with Crippen LogP contribution in [0.2, 0.25) is 10.0 Å². The minimum Gasteiger partial charge on any atom is -0.382 e. The monoisotopic (exact) mass is 1070 g/mol. The second-order valence-electron chi connectivity index (χ2n) is 16.0. The number of amides is 2. The molecule has 8 rings (SSSR count). The summed E-state index contributed by atoms with van der Waals surface area (Å²) < 4.78 is 56.1. The summed E-state index contributed by atoms with van der Waals surface area (Å²) in [5.74, 6) is -0.495. The number of benzene rings is 4. The second kappa shape index (κ2) is 23.7. The van der Waals surface area contributed by atoms with E-state index in [1.165, 1.54) is 32.7 Å². The summed E-state index contributed by atoms with van der Waals surface area (Å²) in [5, 5.41) is 24.5. The zero-order valence-electron chi connectivity index (χ0n) is 37.2. The van der Waals surface area contributed by atoms with Crippen LogP contribution in [0.3, 0.4) is 0 Å². The van der Waals surface area contributed by atoms with Crippen molar-refractivity contribution < 1.29 is 31.3 Å². The van der Waals surface area contributed by atoms with Crippen LogP contribution in [0.4, 0.5) is 17.1 Å². The van der Waals surface area contributed by atoms with Crippen molar-refractivity contribution in [3.63, 3.8) is 0 Å². The Balaban J connectivity index is 0.000000204. The van der Waals surface area contributed by atoms with Gasteiger partial charge in [-0.05, 0) is 129 Å². The van der Waals surface area contributed by atoms with Crippen molar-refractivity contribution in [2.45, 2.75) is 64.2 Å². The molecule has 15 nitrogen and oxygen atoms in total. The smallest absolute Gasteiger partial charge is 0.271 e. The van der Waals surface area contributed by atoms with Crippen molar-refractivity contribution in [2.75, 3.05) is 43.1 Å². The van der Waals surface area contributed by atoms with Crippen molar-refractivity contribution in [2.24, 2.45) is 0 Å². The van der Waals surface area contributed by atoms with Gasteiger partial charge < -0.3 is 21.3 Å². The van der Waals surface area contributed by atoms with E-state index in [2.05, 4.69) is 33.4 Å². The van der Waals surface area contributed by atoms with E-state index in [1.54, 1.807) is 101 Å². The van der Waals surface area contributed by atoms with Crippen LogP contribution in [-0.2, 0) is 33.1 Å². The summed E-state index contributed by atoms with van der Waals surface area (Å²) in [6, 6.07) is 34.6. The first-order valence-corrected chi connectivity index (χ1v) is 28.2. The summed E-state index contributed by atoms with van der Waals surface area (Å²) in [4.78, 5) is 37.8. The SMILES string of the molecule is CSc1cccc(NC2CCN(S(=O)(=O)c3ccc(CNC(=O)c4ccc(Cl)cc4)s3)CC2)c1.O=C(NCc1ccc(S(=O)(=O)N2CCC(Nc3cccc([N+](=O)[O-])c3)CC2)s1)c1ccc(Cl)cc1. The van der Waals surface area contributed by atoms with Crippen LogP contribution in [0.15, 0.2) is 135 Å². The van der Waals surface area contributed by atoms with Crippen molar-refractivity contribution >= 4 is 107 Å². The molecule has 4 N–H and O–H groups in total. The highest BCUT2D eigenvalue weighted by Crippen LogP contribution is 2.31. The number of rotatable bonds is 16. The van der Waals surface area contributed by atoms with Crippen molar-refractivity contribution in [1.82, 2.24) is 19.2 Å². The van der Waals surface area contributed by atoms with Gasteiger partial charge in [-0.15, -0.1) is 34.4 Å². The fourth-order valence-electron chi connectivity index (χ4n) is 7.55. The van der Waals surface area contributed by atoms with Crippen LogP contribution in [0.5, 0.6) is 0 Å². The second-order valence-corrected chi connectivity index (χ2v) is 24.4. The zero-order chi connectivity index (χ0) is 49.1. The lowest BCUT2D eigenvalue weighted by Gasteiger charge is -2.31. The van der Waals surface area contributed by atoms with Gasteiger partial charge >= 0.3 is 0 Å². The molecule has 364 valence electrons. The molecule has 0 radical (unpaired) electrons. The van der Waals surface area contributed by atoms with Gasteiger partial charge in [0.2, 0.25) is 0 Å². The Labute approximate surface area is 423 Å². The normalized spacial score (nSPS) is 15.1. The van der Waals surface area contributed by atoms with Gasteiger partial charge in [0.1, 0.15) is 8.42 Å². The molecule has 0 atom stereocenters. The Morgan fingerprint density at radius 3 is 1.48 bits per heavy atom. The largest absolute Gasteiger partial charge is 0.382 e. The van der Waals surface area contributed by atoms with Gasteiger partial charge in [-0.3, -0.25) is 19.7 Å². The van der Waals surface area contributed by atoms with Crippen LogP contribution in [0, 0.1) is 10.1 Å². The number of thioether (sulfide) groups is 1. The lowest BCUT2D eigenvalue weighted by molar-refractivity contribution is -0.384. The maximum absolute atomic E-state index is 13.2. The Hall–Kier alpha value is -5.03. The van der Waals surface area contributed by atoms with Gasteiger partial charge in [0.15, 0.2) is 0 Å². The topological polar surface area (TPSA) is 200 Å². The molecule has 0 aliphatic carbocycles. The number of non-ortho nitro benzene ring substituents is 1. The van der Waals surface area contributed by atoms with Gasteiger partial charge in [0.05, 0.1) is 18.0 Å². The third kappa shape index (κ3) is 14.1. The first-order valence-electron chi connectivity index (χ1n) is 21.7. The van der Waals surface area contributed by atoms with E-state index < -0.39 is 25.0 Å². The van der Waals surface area contributed by atoms with E-state index in [9.17, 15) is 36.5 Å². The molecular weight excluding hydrogens is 1020 g/mol. The number of nitrogens with one attached hydrogen (secondary N) is 4. The number of halogens is 2. The van der Waals surface area contributed by atoms with E-state index in [4.69, 9.17) is 23.2 Å². The third-order valence-corrected chi connectivity index (χ3v) is 19.4. The molecule has 6 aromatic rings. The van der Waals surface area contributed by atoms with Gasteiger partial charge in [0.25, 0.3) is 37.5 Å². The van der Waals surface area contributed by atoms with Crippen LogP contribution in [-0.4, -0.2) is 86.7 Å². The number of thiophene rings is 2. The lowest BCUT2D eigenvalue weighted by Crippen LogP contribution is -2.42. The van der Waals surface area contributed by atoms with E-state index in [0.717, 1.165) is 39.6 Å². The number of carbonyl (C=O) groups is 2. The number of sulfonamides is 2. The number of nitro groups is 1. The molecule has 4 heterocycles. The average Bonchev–Trinajstić information content (AvgIpc) is 4.05. The van der Waals surface area contributed by atoms with Crippen molar-refractivity contribution in [3.8, 4) is 0 Å². The number of nitrogens with zero attached hydrogens (tertiary/aromatic N) is 3. The zero-order valence-corrected chi connectivity index (χ0v) is 42.8. The van der Waals surface area contributed by atoms with E-state index in [0.29, 0.717) is 70.1 Å². The maximum Gasteiger partial charge on any atom is 0.271 e. The molecule has 0 saturated carbocycles. The Bertz CT molecular complexity index is 2960. The predicted molar refractivity (Wildman–Crippen MR) is 276 cm³/mol. The molecule has 2 amide bonds. The van der Waals surface area contributed by atoms with E-state index in [1.807, 2.05) is 18.4 Å². The molecule has 2 aliphatic rings. The predicted octanol–water partition coefficient (Wildman–Crippen LogP) is 9.82. The van der Waals surface area contributed by atoms with Gasteiger partial charge in [-0.1, -0.05) is 35.3 Å². The maximum atomic E-state index is 13.2. The fraction of sp³-hybridized carbons (Fsp3) is 0.277. The van der Waals surface area contributed by atoms with Crippen LogP contribution in [0.1, 0.15) is 56.2 Å². The van der Waals surface area contributed by atoms with Crippen molar-refractivity contribution in [3.05, 3.63) is 162 Å². The highest BCUT2D eigenvalue weighted by molar-refractivity contribution is 7.98. The summed E-state index contributed by atoms with van der Waals surface area (Å²) in [6.07, 6.45) is 4.71. The number of hydrogen-bond donors (Lipinski definition) is 4. The summed E-state index contributed by atoms with van der Waals surface area (Å²) >= 11 is 15.7. The number of carbonyl (C=O) groups excluding carboxylic acids is 2. The van der Waals surface area contributed by atoms with Gasteiger partial charge in [-0.2, -0.15) is 8.61 Å². The molecule has 69 heavy (non-hydrogen) atoms. The minimum absolute atomic E-state index is 0.00729. The summed E-state index contributed by atoms with van der Waals surface area (Å²) in [6.45, 7) is 2.12. The quantitative estimate of drug-likeness (QED) is 0.0409. The first-order chi connectivity index (χ1) is 33.1. The van der Waals surface area contributed by atoms with Gasteiger partial charge in [-0.25, -0.2) is 16.8 Å². The molecule has 2 aromatic heterocycles. The Morgan fingerprint density at radius 1 is 0.638 bits per heavy atom. The molecule has 0 bridgehead atoms. The molecule has 2 aliphatic heterocycles. The molecule has 0 spiro atoms. The molecule has 2 fully saturated rings. The third-order valence-electron chi connectivity index (χ3n) is 11.3. The van der Waals surface area contributed by atoms with E-state index in [-0.39, 0.29) is 46.9 Å². The average molecular weight is 1070 g/mol. The van der Waals surface area contributed by atoms with Gasteiger partial charge in [0, 0.05) is 97.6 Å². The highest BCUT2D eigenvalue weighted by atomic mass is 35.5. The Kier molecular flexibility index (Phi) is 17.8. The lowest BCUT2D eigenvalue weighted by atomic mass is 10.1. The van der Waals surface area contributed by atoms with Crippen molar-refractivity contribution in [1.29, 1.82) is 0 Å². The summed E-state index contributed by atoms with van der Waals surface area (Å²) in [5.41, 5.74) is 2.69. The van der Waals surface area contributed by atoms with Crippen LogP contribution >= 0.6 is 57.6 Å². The Morgan fingerprint density at radius 2 is 1.06 bits per heavy atom. The molecular formula is C47H49Cl2N7O8S5. The highest BCUT2D eigenvalue weighted by Gasteiger charge is 2.32. The fourth-order valence-corrected chi connectivity index (χ4v) is 14.1. The number of hydrogen-bond acceptors (Lipinski definition) is 13. The number of nitro benzene ring substituents is 1. The number of anilines is 2. The molecule has 22 heteroatoms. The molecule has 4 aromatic carbocycles. The standard InChI is InChI=1S/C24H26ClN3O3S3.C23H23ClN4O5S2/c1-32-21-4-2-3-20(15-21)27-19-11-13-28(14-12-19)34(30,31)23-10-9-22(33-23)16-26-24(29)17-5-7-18(25)8-6-17;24-17-6-4-16(5-7-17)23(29)25-15-21-8-9-22(34-21)35(32,33)27-12-10-18(11-13-27)26-19-2-1-3-20(14-19)28(30)31/h2-10,15,19,27H,11-14,16H2,1H3,(H,26,29);1-9,14,18,26H,10-13,15H2,(H,25,29). The summed E-state index contributed by atoms with van der Waals surface area (Å²) in [7, 11) is -7.19. The van der Waals surface area contributed by atoms with E-state index >= 15 is 0 Å².